The molecule has 1 aromatic carbocycles. The zero-order valence-corrected chi connectivity index (χ0v) is 17.2. The van der Waals surface area contributed by atoms with Gasteiger partial charge in [0.25, 0.3) is 0 Å². The number of amides is 2. The zero-order valence-electron chi connectivity index (χ0n) is 17.2. The number of benzene rings is 1. The van der Waals surface area contributed by atoms with Crippen LogP contribution < -0.4 is 10.6 Å². The SMILES string of the molecule is CC(OCc1ccccc1)C(NC(=O)C(C)(C)NC(=O)OC(C)(C)C)C(=O)O. The predicted octanol–water partition coefficient (Wildman–Crippen LogP) is 2.46. The molecule has 0 aliphatic carbocycles. The Bertz CT molecular complexity index is 682. The highest BCUT2D eigenvalue weighted by Crippen LogP contribution is 2.11. The van der Waals surface area contributed by atoms with Crippen molar-refractivity contribution in [2.75, 3.05) is 0 Å². The molecule has 2 unspecified atom stereocenters. The number of carboxylic acid groups (broad SMARTS) is 1. The van der Waals surface area contributed by atoms with Gasteiger partial charge in [-0.05, 0) is 47.1 Å². The Morgan fingerprint density at radius 3 is 2.14 bits per heavy atom. The lowest BCUT2D eigenvalue weighted by molar-refractivity contribution is -0.147. The minimum absolute atomic E-state index is 0.210. The molecule has 0 radical (unpaired) electrons. The third-order valence-corrected chi connectivity index (χ3v) is 3.76. The van der Waals surface area contributed by atoms with Crippen LogP contribution >= 0.6 is 0 Å². The van der Waals surface area contributed by atoms with Gasteiger partial charge in [0, 0.05) is 0 Å². The fourth-order valence-corrected chi connectivity index (χ4v) is 2.22. The zero-order chi connectivity index (χ0) is 21.5. The number of rotatable bonds is 8. The average Bonchev–Trinajstić information content (AvgIpc) is 2.55. The van der Waals surface area contributed by atoms with Gasteiger partial charge in [-0.15, -0.1) is 0 Å². The van der Waals surface area contributed by atoms with Crippen molar-refractivity contribution in [2.24, 2.45) is 0 Å². The molecule has 8 heteroatoms. The van der Waals surface area contributed by atoms with Crippen molar-refractivity contribution in [2.45, 2.75) is 71.4 Å². The number of alkyl carbamates (subject to hydrolysis) is 1. The maximum absolute atomic E-state index is 12.6. The Balaban J connectivity index is 2.71. The van der Waals surface area contributed by atoms with E-state index in [4.69, 9.17) is 9.47 Å². The van der Waals surface area contributed by atoms with E-state index in [9.17, 15) is 19.5 Å². The number of carbonyl (C=O) groups excluding carboxylic acids is 2. The molecule has 0 spiro atoms. The molecule has 0 saturated carbocycles. The van der Waals surface area contributed by atoms with E-state index in [0.717, 1.165) is 5.56 Å². The summed E-state index contributed by atoms with van der Waals surface area (Å²) in [5.41, 5.74) is -1.22. The van der Waals surface area contributed by atoms with Crippen molar-refractivity contribution >= 4 is 18.0 Å². The number of nitrogens with one attached hydrogen (secondary N) is 2. The predicted molar refractivity (Wildman–Crippen MR) is 104 cm³/mol. The van der Waals surface area contributed by atoms with Crippen molar-refractivity contribution < 1.29 is 29.0 Å². The number of aliphatic carboxylic acids is 1. The first-order valence-corrected chi connectivity index (χ1v) is 9.02. The molecule has 0 heterocycles. The summed E-state index contributed by atoms with van der Waals surface area (Å²) < 4.78 is 10.7. The normalized spacial score (nSPS) is 13.9. The van der Waals surface area contributed by atoms with Crippen LogP contribution in [-0.4, -0.2) is 46.4 Å². The van der Waals surface area contributed by atoms with Gasteiger partial charge in [-0.3, -0.25) is 4.79 Å². The molecule has 2 atom stereocenters. The largest absolute Gasteiger partial charge is 0.480 e. The van der Waals surface area contributed by atoms with Crippen LogP contribution in [0.4, 0.5) is 4.79 Å². The van der Waals surface area contributed by atoms with Crippen molar-refractivity contribution in [3.05, 3.63) is 35.9 Å². The van der Waals surface area contributed by atoms with Crippen LogP contribution in [0.15, 0.2) is 30.3 Å². The lowest BCUT2D eigenvalue weighted by Gasteiger charge is -2.30. The molecule has 1 rings (SSSR count). The van der Waals surface area contributed by atoms with Gasteiger partial charge in [-0.25, -0.2) is 9.59 Å². The summed E-state index contributed by atoms with van der Waals surface area (Å²) in [7, 11) is 0. The number of carboxylic acids is 1. The van der Waals surface area contributed by atoms with Crippen molar-refractivity contribution in [1.29, 1.82) is 0 Å². The molecule has 0 aliphatic heterocycles. The first-order chi connectivity index (χ1) is 12.8. The van der Waals surface area contributed by atoms with E-state index in [0.29, 0.717) is 0 Å². The molecule has 0 bridgehead atoms. The molecule has 3 N–H and O–H groups in total. The van der Waals surface area contributed by atoms with E-state index in [1.54, 1.807) is 27.7 Å². The van der Waals surface area contributed by atoms with E-state index in [-0.39, 0.29) is 6.61 Å². The molecular formula is C20H30N2O6. The Morgan fingerprint density at radius 2 is 1.64 bits per heavy atom. The fraction of sp³-hybridized carbons (Fsp3) is 0.550. The minimum Gasteiger partial charge on any atom is -0.480 e. The highest BCUT2D eigenvalue weighted by Gasteiger charge is 2.36. The van der Waals surface area contributed by atoms with Gasteiger partial charge in [0.05, 0.1) is 12.7 Å². The van der Waals surface area contributed by atoms with Gasteiger partial charge in [-0.1, -0.05) is 30.3 Å². The maximum Gasteiger partial charge on any atom is 0.408 e. The summed E-state index contributed by atoms with van der Waals surface area (Å²) in [5.74, 6) is -1.90. The molecule has 0 saturated heterocycles. The van der Waals surface area contributed by atoms with Gasteiger partial charge in [0.1, 0.15) is 11.1 Å². The summed E-state index contributed by atoms with van der Waals surface area (Å²) in [4.78, 5) is 36.1. The van der Waals surface area contributed by atoms with Crippen LogP contribution in [0.3, 0.4) is 0 Å². The third-order valence-electron chi connectivity index (χ3n) is 3.76. The first kappa shape index (κ1) is 23.4. The molecule has 0 aromatic heterocycles. The molecule has 8 nitrogen and oxygen atoms in total. The second-order valence-corrected chi connectivity index (χ2v) is 8.04. The number of hydrogen-bond donors (Lipinski definition) is 3. The first-order valence-electron chi connectivity index (χ1n) is 9.02. The molecule has 0 fully saturated rings. The number of carbonyl (C=O) groups is 3. The Hall–Kier alpha value is -2.61. The van der Waals surface area contributed by atoms with Gasteiger partial charge >= 0.3 is 12.1 Å². The maximum atomic E-state index is 12.6. The second-order valence-electron chi connectivity index (χ2n) is 8.04. The molecule has 1 aromatic rings. The summed E-state index contributed by atoms with van der Waals surface area (Å²) in [5, 5.41) is 14.4. The molecular weight excluding hydrogens is 364 g/mol. The number of hydrogen-bond acceptors (Lipinski definition) is 5. The van der Waals surface area contributed by atoms with E-state index in [2.05, 4.69) is 10.6 Å². The monoisotopic (exact) mass is 394 g/mol. The summed E-state index contributed by atoms with van der Waals surface area (Å²) in [6.45, 7) is 9.79. The number of ether oxygens (including phenoxy) is 2. The van der Waals surface area contributed by atoms with Crippen molar-refractivity contribution in [1.82, 2.24) is 10.6 Å². The summed E-state index contributed by atoms with van der Waals surface area (Å²) in [6.07, 6.45) is -1.56. The van der Waals surface area contributed by atoms with Crippen LogP contribution in [0.5, 0.6) is 0 Å². The van der Waals surface area contributed by atoms with E-state index < -0.39 is 41.3 Å². The second kappa shape index (κ2) is 9.54. The Morgan fingerprint density at radius 1 is 1.07 bits per heavy atom. The Labute approximate surface area is 165 Å². The van der Waals surface area contributed by atoms with E-state index >= 15 is 0 Å². The molecule has 156 valence electrons. The molecule has 2 amide bonds. The molecule has 0 aliphatic rings. The minimum atomic E-state index is -1.38. The quantitative estimate of drug-likeness (QED) is 0.624. The topological polar surface area (TPSA) is 114 Å². The van der Waals surface area contributed by atoms with Crippen molar-refractivity contribution in [3.63, 3.8) is 0 Å². The lowest BCUT2D eigenvalue weighted by atomic mass is 10.0. The summed E-state index contributed by atoms with van der Waals surface area (Å²) in [6, 6.07) is 8.00. The van der Waals surface area contributed by atoms with Gasteiger partial charge < -0.3 is 25.2 Å². The smallest absolute Gasteiger partial charge is 0.408 e. The summed E-state index contributed by atoms with van der Waals surface area (Å²) >= 11 is 0. The van der Waals surface area contributed by atoms with E-state index in [1.165, 1.54) is 13.8 Å². The lowest BCUT2D eigenvalue weighted by Crippen LogP contribution is -2.60. The highest BCUT2D eigenvalue weighted by molar-refractivity contribution is 5.92. The van der Waals surface area contributed by atoms with Crippen LogP contribution in [0.2, 0.25) is 0 Å². The van der Waals surface area contributed by atoms with Crippen LogP contribution in [-0.2, 0) is 25.7 Å². The fourth-order valence-electron chi connectivity index (χ4n) is 2.22. The van der Waals surface area contributed by atoms with E-state index in [1.807, 2.05) is 30.3 Å². The van der Waals surface area contributed by atoms with Crippen LogP contribution in [0.1, 0.15) is 47.1 Å². The van der Waals surface area contributed by atoms with Gasteiger partial charge in [0.2, 0.25) is 5.91 Å². The van der Waals surface area contributed by atoms with Crippen molar-refractivity contribution in [3.8, 4) is 0 Å². The third kappa shape index (κ3) is 7.96. The van der Waals surface area contributed by atoms with Crippen LogP contribution in [0.25, 0.3) is 0 Å². The molecule has 28 heavy (non-hydrogen) atoms. The average molecular weight is 394 g/mol. The van der Waals surface area contributed by atoms with Crippen LogP contribution in [0, 0.1) is 0 Å². The standard InChI is InChI=1S/C20H30N2O6/c1-13(27-12-14-10-8-7-9-11-14)15(16(23)24)21-17(25)20(5,6)22-18(26)28-19(2,3)4/h7-11,13,15H,12H2,1-6H3,(H,21,25)(H,22,26)(H,23,24). The Kier molecular flexibility index (Phi) is 7.99. The highest BCUT2D eigenvalue weighted by atomic mass is 16.6. The van der Waals surface area contributed by atoms with Gasteiger partial charge in [0.15, 0.2) is 6.04 Å². The van der Waals surface area contributed by atoms with Gasteiger partial charge in [-0.2, -0.15) is 0 Å².